The van der Waals surface area contributed by atoms with E-state index >= 15 is 0 Å². The summed E-state index contributed by atoms with van der Waals surface area (Å²) < 4.78 is 1.93. The van der Waals surface area contributed by atoms with E-state index in [9.17, 15) is 0 Å². The molecular formula is C15H25ClN4. The zero-order valence-electron chi connectivity index (χ0n) is 12.5. The maximum Gasteiger partial charge on any atom is 0.0863 e. The molecule has 0 aliphatic carbocycles. The van der Waals surface area contributed by atoms with E-state index in [1.165, 1.54) is 38.8 Å². The van der Waals surface area contributed by atoms with Crippen molar-refractivity contribution in [2.24, 2.45) is 7.05 Å². The van der Waals surface area contributed by atoms with Crippen molar-refractivity contribution in [2.75, 3.05) is 13.1 Å². The van der Waals surface area contributed by atoms with Crippen LogP contribution in [0, 0.1) is 0 Å². The van der Waals surface area contributed by atoms with E-state index in [0.717, 1.165) is 35.4 Å². The van der Waals surface area contributed by atoms with Crippen molar-refractivity contribution in [1.29, 1.82) is 0 Å². The van der Waals surface area contributed by atoms with Gasteiger partial charge in [-0.25, -0.2) is 0 Å². The minimum atomic E-state index is 0.630. The Bertz CT molecular complexity index is 471. The molecule has 3 heterocycles. The lowest BCUT2D eigenvalue weighted by Crippen LogP contribution is -2.45. The summed E-state index contributed by atoms with van der Waals surface area (Å²) >= 11 is 6.41. The van der Waals surface area contributed by atoms with Crippen LogP contribution < -0.4 is 5.32 Å². The maximum absolute atomic E-state index is 6.41. The van der Waals surface area contributed by atoms with E-state index < -0.39 is 0 Å². The van der Waals surface area contributed by atoms with Gasteiger partial charge in [-0.3, -0.25) is 4.68 Å². The Morgan fingerprint density at radius 2 is 2.20 bits per heavy atom. The molecule has 2 atom stereocenters. The van der Waals surface area contributed by atoms with Crippen LogP contribution in [0.3, 0.4) is 0 Å². The van der Waals surface area contributed by atoms with Gasteiger partial charge >= 0.3 is 0 Å². The van der Waals surface area contributed by atoms with Gasteiger partial charge in [0.25, 0.3) is 0 Å². The van der Waals surface area contributed by atoms with Crippen LogP contribution in [0.15, 0.2) is 0 Å². The lowest BCUT2D eigenvalue weighted by Gasteiger charge is -2.35. The van der Waals surface area contributed by atoms with E-state index in [1.54, 1.807) is 0 Å². The van der Waals surface area contributed by atoms with Crippen molar-refractivity contribution in [1.82, 2.24) is 20.0 Å². The van der Waals surface area contributed by atoms with E-state index in [4.69, 9.17) is 11.6 Å². The molecule has 112 valence electrons. The quantitative estimate of drug-likeness (QED) is 0.926. The molecule has 1 aromatic rings. The summed E-state index contributed by atoms with van der Waals surface area (Å²) in [6, 6.07) is 1.44. The molecule has 0 radical (unpaired) electrons. The standard InChI is InChI=1S/C15H25ClN4/c1-3-13-15(16)14(19(2)18-13)10-17-11-6-8-20-7-4-5-12(20)9-11/h11-12,17H,3-10H2,1-2H3. The van der Waals surface area contributed by atoms with Crippen LogP contribution in [0.4, 0.5) is 0 Å². The largest absolute Gasteiger partial charge is 0.308 e. The van der Waals surface area contributed by atoms with Gasteiger partial charge in [0, 0.05) is 25.7 Å². The van der Waals surface area contributed by atoms with Gasteiger partial charge in [-0.1, -0.05) is 18.5 Å². The monoisotopic (exact) mass is 296 g/mol. The highest BCUT2D eigenvalue weighted by Gasteiger charge is 2.31. The highest BCUT2D eigenvalue weighted by Crippen LogP contribution is 2.27. The number of aryl methyl sites for hydroxylation is 2. The van der Waals surface area contributed by atoms with Crippen LogP contribution in [-0.4, -0.2) is 39.9 Å². The average molecular weight is 297 g/mol. The van der Waals surface area contributed by atoms with E-state index in [2.05, 4.69) is 22.2 Å². The first-order chi connectivity index (χ1) is 9.69. The Kier molecular flexibility index (Phi) is 4.34. The zero-order chi connectivity index (χ0) is 14.1. The molecule has 1 aromatic heterocycles. The summed E-state index contributed by atoms with van der Waals surface area (Å²) in [4.78, 5) is 2.66. The summed E-state index contributed by atoms with van der Waals surface area (Å²) in [6.07, 6.45) is 6.20. The Balaban J connectivity index is 1.58. The summed E-state index contributed by atoms with van der Waals surface area (Å²) in [6.45, 7) is 5.49. The van der Waals surface area contributed by atoms with Crippen molar-refractivity contribution in [2.45, 2.75) is 57.7 Å². The average Bonchev–Trinajstić information content (AvgIpc) is 3.01. The first-order valence-corrected chi connectivity index (χ1v) is 8.24. The first-order valence-electron chi connectivity index (χ1n) is 7.86. The summed E-state index contributed by atoms with van der Waals surface area (Å²) in [7, 11) is 1.99. The van der Waals surface area contributed by atoms with Crippen LogP contribution in [0.5, 0.6) is 0 Å². The molecule has 2 aliphatic heterocycles. The van der Waals surface area contributed by atoms with Gasteiger partial charge < -0.3 is 10.2 Å². The van der Waals surface area contributed by atoms with Gasteiger partial charge in [-0.2, -0.15) is 5.10 Å². The fourth-order valence-electron chi connectivity index (χ4n) is 3.66. The molecule has 0 aromatic carbocycles. The molecule has 0 amide bonds. The summed E-state index contributed by atoms with van der Waals surface area (Å²) in [5, 5.41) is 9.03. The number of nitrogens with one attached hydrogen (secondary N) is 1. The van der Waals surface area contributed by atoms with Crippen LogP contribution >= 0.6 is 11.6 Å². The molecule has 2 saturated heterocycles. The molecule has 0 bridgehead atoms. The Morgan fingerprint density at radius 1 is 1.35 bits per heavy atom. The Labute approximate surface area is 126 Å². The smallest absolute Gasteiger partial charge is 0.0863 e. The molecule has 3 rings (SSSR count). The van der Waals surface area contributed by atoms with Gasteiger partial charge in [-0.05, 0) is 45.2 Å². The predicted molar refractivity (Wildman–Crippen MR) is 82.1 cm³/mol. The molecule has 4 nitrogen and oxygen atoms in total. The van der Waals surface area contributed by atoms with Crippen LogP contribution in [0.2, 0.25) is 5.02 Å². The third-order valence-electron chi connectivity index (χ3n) is 4.88. The minimum absolute atomic E-state index is 0.630. The Morgan fingerprint density at radius 3 is 2.95 bits per heavy atom. The van der Waals surface area contributed by atoms with Crippen molar-refractivity contribution < 1.29 is 0 Å². The minimum Gasteiger partial charge on any atom is -0.308 e. The summed E-state index contributed by atoms with van der Waals surface area (Å²) in [5.41, 5.74) is 2.13. The predicted octanol–water partition coefficient (Wildman–Crippen LogP) is 2.35. The van der Waals surface area contributed by atoms with Gasteiger partial charge in [0.05, 0.1) is 16.4 Å². The normalized spacial score (nSPS) is 26.9. The van der Waals surface area contributed by atoms with Gasteiger partial charge in [0.15, 0.2) is 0 Å². The van der Waals surface area contributed by atoms with Gasteiger partial charge in [0.1, 0.15) is 0 Å². The molecule has 2 unspecified atom stereocenters. The number of halogens is 1. The molecular weight excluding hydrogens is 272 g/mol. The number of hydrogen-bond acceptors (Lipinski definition) is 3. The fourth-order valence-corrected chi connectivity index (χ4v) is 4.02. The molecule has 5 heteroatoms. The first kappa shape index (κ1) is 14.4. The van der Waals surface area contributed by atoms with E-state index in [-0.39, 0.29) is 0 Å². The summed E-state index contributed by atoms with van der Waals surface area (Å²) in [5.74, 6) is 0. The second-order valence-corrected chi connectivity index (χ2v) is 6.50. The van der Waals surface area contributed by atoms with Crippen LogP contribution in [-0.2, 0) is 20.0 Å². The molecule has 0 spiro atoms. The van der Waals surface area contributed by atoms with Crippen molar-refractivity contribution in [3.05, 3.63) is 16.4 Å². The Hall–Kier alpha value is -0.580. The van der Waals surface area contributed by atoms with Gasteiger partial charge in [0.2, 0.25) is 0 Å². The maximum atomic E-state index is 6.41. The van der Waals surface area contributed by atoms with E-state index in [1.807, 2.05) is 11.7 Å². The third kappa shape index (κ3) is 2.74. The zero-order valence-corrected chi connectivity index (χ0v) is 13.3. The molecule has 2 aliphatic rings. The highest BCUT2D eigenvalue weighted by molar-refractivity contribution is 6.31. The van der Waals surface area contributed by atoms with Crippen LogP contribution in [0.1, 0.15) is 44.0 Å². The number of fused-ring (bicyclic) bond motifs is 1. The number of aromatic nitrogens is 2. The number of piperidine rings is 1. The van der Waals surface area contributed by atoms with Crippen molar-refractivity contribution in [3.63, 3.8) is 0 Å². The lowest BCUT2D eigenvalue weighted by molar-refractivity contribution is 0.166. The van der Waals surface area contributed by atoms with Gasteiger partial charge in [-0.15, -0.1) is 0 Å². The number of nitrogens with zero attached hydrogens (tertiary/aromatic N) is 3. The third-order valence-corrected chi connectivity index (χ3v) is 5.32. The van der Waals surface area contributed by atoms with Crippen molar-refractivity contribution in [3.8, 4) is 0 Å². The molecule has 0 saturated carbocycles. The highest BCUT2D eigenvalue weighted by atomic mass is 35.5. The fraction of sp³-hybridized carbons (Fsp3) is 0.800. The molecule has 1 N–H and O–H groups in total. The van der Waals surface area contributed by atoms with Crippen molar-refractivity contribution >= 4 is 11.6 Å². The number of rotatable bonds is 4. The second kappa shape index (κ2) is 6.04. The lowest BCUT2D eigenvalue weighted by atomic mass is 9.97. The topological polar surface area (TPSA) is 33.1 Å². The number of hydrogen-bond donors (Lipinski definition) is 1. The second-order valence-electron chi connectivity index (χ2n) is 6.12. The van der Waals surface area contributed by atoms with Crippen LogP contribution in [0.25, 0.3) is 0 Å². The van der Waals surface area contributed by atoms with E-state index in [0.29, 0.717) is 6.04 Å². The molecule has 20 heavy (non-hydrogen) atoms. The molecule has 2 fully saturated rings. The SMILES string of the molecule is CCc1nn(C)c(CNC2CCN3CCCC3C2)c1Cl.